The lowest BCUT2D eigenvalue weighted by molar-refractivity contribution is -0.153. The van der Waals surface area contributed by atoms with Crippen molar-refractivity contribution < 1.29 is 18.7 Å². The van der Waals surface area contributed by atoms with Crippen molar-refractivity contribution in [1.82, 2.24) is 14.6 Å². The van der Waals surface area contributed by atoms with Crippen LogP contribution >= 0.6 is 22.6 Å². The Morgan fingerprint density at radius 1 is 1.56 bits per heavy atom. The molecule has 9 heteroatoms. The molecule has 25 heavy (non-hydrogen) atoms. The van der Waals surface area contributed by atoms with Crippen LogP contribution in [0.25, 0.3) is 5.52 Å². The maximum absolute atomic E-state index is 14.4. The summed E-state index contributed by atoms with van der Waals surface area (Å²) in [6.07, 6.45) is 1.73. The average Bonchev–Trinajstić information content (AvgIpc) is 2.80. The Morgan fingerprint density at radius 2 is 2.32 bits per heavy atom. The third-order valence-electron chi connectivity index (χ3n) is 4.09. The number of anilines is 1. The molecule has 0 bridgehead atoms. The van der Waals surface area contributed by atoms with Gasteiger partial charge in [-0.1, -0.05) is 13.8 Å². The molecule has 0 aliphatic carbocycles. The van der Waals surface area contributed by atoms with E-state index in [-0.39, 0.29) is 23.7 Å². The Morgan fingerprint density at radius 3 is 3.00 bits per heavy atom. The maximum atomic E-state index is 14.4. The summed E-state index contributed by atoms with van der Waals surface area (Å²) in [4.78, 5) is 15.5. The highest BCUT2D eigenvalue weighted by atomic mass is 127. The molecule has 0 saturated carbocycles. The molecule has 136 valence electrons. The quantitative estimate of drug-likeness (QED) is 0.557. The van der Waals surface area contributed by atoms with Gasteiger partial charge in [0.05, 0.1) is 28.1 Å². The molecule has 2 aromatic heterocycles. The van der Waals surface area contributed by atoms with E-state index in [1.165, 1.54) is 13.1 Å². The fourth-order valence-corrected chi connectivity index (χ4v) is 4.07. The van der Waals surface area contributed by atoms with Crippen molar-refractivity contribution in [3.63, 3.8) is 0 Å². The van der Waals surface area contributed by atoms with Gasteiger partial charge >= 0.3 is 5.97 Å². The number of fused-ring (bicyclic) bond motifs is 1. The molecule has 3 rings (SSSR count). The van der Waals surface area contributed by atoms with Crippen LogP contribution in [0.5, 0.6) is 0 Å². The molecule has 1 fully saturated rings. The number of carbonyl (C=O) groups is 1. The van der Waals surface area contributed by atoms with Crippen molar-refractivity contribution in [1.29, 1.82) is 0 Å². The van der Waals surface area contributed by atoms with E-state index in [1.807, 2.05) is 36.4 Å². The minimum Gasteiger partial charge on any atom is -0.458 e. The number of halogens is 2. The Bertz CT molecular complexity index is 795. The van der Waals surface area contributed by atoms with Crippen LogP contribution in [0.15, 0.2) is 6.20 Å². The van der Waals surface area contributed by atoms with Gasteiger partial charge in [-0.3, -0.25) is 4.79 Å². The molecule has 1 N–H and O–H groups in total. The predicted molar refractivity (Wildman–Crippen MR) is 98.2 cm³/mol. The first kappa shape index (κ1) is 18.3. The summed E-state index contributed by atoms with van der Waals surface area (Å²) in [6.45, 7) is 6.24. The monoisotopic (exact) mass is 462 g/mol. The molecular formula is C16H20FIN4O3. The van der Waals surface area contributed by atoms with E-state index in [2.05, 4.69) is 15.4 Å². The normalized spacial score (nSPS) is 20.9. The lowest BCUT2D eigenvalue weighted by Crippen LogP contribution is -2.44. The zero-order valence-corrected chi connectivity index (χ0v) is 16.4. The summed E-state index contributed by atoms with van der Waals surface area (Å²) in [6, 6.07) is -0.155. The summed E-state index contributed by atoms with van der Waals surface area (Å²) in [5, 5.41) is 7.65. The van der Waals surface area contributed by atoms with Crippen LogP contribution in [0, 0.1) is 9.39 Å². The zero-order chi connectivity index (χ0) is 18.1. The molecule has 0 amide bonds. The van der Waals surface area contributed by atoms with Crippen LogP contribution in [-0.2, 0) is 14.3 Å². The molecule has 1 aliphatic rings. The van der Waals surface area contributed by atoms with Crippen LogP contribution in [-0.4, -0.2) is 45.9 Å². The van der Waals surface area contributed by atoms with Crippen molar-refractivity contribution in [2.24, 2.45) is 0 Å². The second-order valence-corrected chi connectivity index (χ2v) is 7.39. The van der Waals surface area contributed by atoms with Gasteiger partial charge in [0.1, 0.15) is 11.6 Å². The van der Waals surface area contributed by atoms with Gasteiger partial charge in [-0.15, -0.1) is 5.10 Å². The molecule has 0 aromatic carbocycles. The lowest BCUT2D eigenvalue weighted by Gasteiger charge is -2.31. The predicted octanol–water partition coefficient (Wildman–Crippen LogP) is 2.73. The molecule has 0 unspecified atom stereocenters. The van der Waals surface area contributed by atoms with Crippen LogP contribution in [0.1, 0.15) is 38.8 Å². The van der Waals surface area contributed by atoms with Gasteiger partial charge in [-0.2, -0.15) is 0 Å². The minimum atomic E-state index is -0.406. The second-order valence-electron chi connectivity index (χ2n) is 6.31. The summed E-state index contributed by atoms with van der Waals surface area (Å²) in [5.41, 5.74) is 1.16. The van der Waals surface area contributed by atoms with Crippen molar-refractivity contribution in [3.05, 3.63) is 21.3 Å². The average molecular weight is 462 g/mol. The van der Waals surface area contributed by atoms with E-state index >= 15 is 0 Å². The van der Waals surface area contributed by atoms with Crippen LogP contribution in [0.2, 0.25) is 0 Å². The van der Waals surface area contributed by atoms with E-state index in [0.717, 1.165) is 5.69 Å². The fraction of sp³-hybridized carbons (Fsp3) is 0.562. The summed E-state index contributed by atoms with van der Waals surface area (Å²) in [5.74, 6) is -0.184. The number of hydrogen-bond donors (Lipinski definition) is 1. The van der Waals surface area contributed by atoms with Crippen LogP contribution in [0.3, 0.4) is 0 Å². The maximum Gasteiger partial charge on any atom is 0.303 e. The van der Waals surface area contributed by atoms with E-state index in [9.17, 15) is 9.18 Å². The van der Waals surface area contributed by atoms with Crippen LogP contribution in [0.4, 0.5) is 10.3 Å². The van der Waals surface area contributed by atoms with E-state index in [1.54, 1.807) is 4.52 Å². The standard InChI is InChI=1S/C16H20FIN4O3/c1-8(2)15-14(18)13(17)11-6-19-16(21-22(11)15)20-10-4-5-24-7-12(10)25-9(3)23/h6,8,10,12H,4-5,7H2,1-3H3,(H,20,21)/t10-,12-/m1/s1. The van der Waals surface area contributed by atoms with Gasteiger partial charge < -0.3 is 14.8 Å². The first-order valence-electron chi connectivity index (χ1n) is 8.12. The minimum absolute atomic E-state index is 0.114. The molecule has 0 spiro atoms. The van der Waals surface area contributed by atoms with Gasteiger partial charge in [-0.05, 0) is 34.9 Å². The van der Waals surface area contributed by atoms with Crippen LogP contribution < -0.4 is 5.32 Å². The van der Waals surface area contributed by atoms with Gasteiger partial charge in [0.2, 0.25) is 5.95 Å². The summed E-state index contributed by atoms with van der Waals surface area (Å²) in [7, 11) is 0. The number of carbonyl (C=O) groups excluding carboxylic acids is 1. The van der Waals surface area contributed by atoms with Crippen molar-refractivity contribution in [2.45, 2.75) is 45.3 Å². The summed E-state index contributed by atoms with van der Waals surface area (Å²) < 4.78 is 27.2. The van der Waals surface area contributed by atoms with E-state index in [0.29, 0.717) is 34.7 Å². The smallest absolute Gasteiger partial charge is 0.303 e. The third kappa shape index (κ3) is 3.71. The number of esters is 1. The van der Waals surface area contributed by atoms with E-state index < -0.39 is 6.10 Å². The summed E-state index contributed by atoms with van der Waals surface area (Å²) >= 11 is 2.00. The number of aromatic nitrogens is 3. The highest BCUT2D eigenvalue weighted by molar-refractivity contribution is 14.1. The lowest BCUT2D eigenvalue weighted by atomic mass is 10.1. The molecule has 1 aliphatic heterocycles. The highest BCUT2D eigenvalue weighted by Gasteiger charge is 2.29. The Hall–Kier alpha value is -1.49. The van der Waals surface area contributed by atoms with Gasteiger partial charge in [0.15, 0.2) is 5.82 Å². The van der Waals surface area contributed by atoms with Gasteiger partial charge in [0.25, 0.3) is 0 Å². The second kappa shape index (κ2) is 7.40. The van der Waals surface area contributed by atoms with Gasteiger partial charge in [-0.25, -0.2) is 13.9 Å². The number of nitrogens with one attached hydrogen (secondary N) is 1. The van der Waals surface area contributed by atoms with Gasteiger partial charge in [0, 0.05) is 13.5 Å². The largest absolute Gasteiger partial charge is 0.458 e. The van der Waals surface area contributed by atoms with Crippen molar-refractivity contribution >= 4 is 40.0 Å². The first-order valence-corrected chi connectivity index (χ1v) is 9.20. The van der Waals surface area contributed by atoms with E-state index in [4.69, 9.17) is 9.47 Å². The SMILES string of the molecule is CC(=O)O[C@@H]1COCC[C@H]1Nc1ncc2c(F)c(I)c(C(C)C)n2n1. The molecule has 0 radical (unpaired) electrons. The molecule has 2 atom stereocenters. The Kier molecular flexibility index (Phi) is 5.42. The Balaban J connectivity index is 1.91. The molecular weight excluding hydrogens is 442 g/mol. The molecule has 1 saturated heterocycles. The fourth-order valence-electron chi connectivity index (χ4n) is 2.94. The number of nitrogens with zero attached hydrogens (tertiary/aromatic N) is 3. The number of ether oxygens (including phenoxy) is 2. The number of hydrogen-bond acceptors (Lipinski definition) is 6. The number of rotatable bonds is 4. The first-order chi connectivity index (χ1) is 11.9. The Labute approximate surface area is 158 Å². The van der Waals surface area contributed by atoms with Crippen molar-refractivity contribution in [2.75, 3.05) is 18.5 Å². The van der Waals surface area contributed by atoms with Crippen molar-refractivity contribution in [3.8, 4) is 0 Å². The molecule has 7 nitrogen and oxygen atoms in total. The highest BCUT2D eigenvalue weighted by Crippen LogP contribution is 2.28. The zero-order valence-electron chi connectivity index (χ0n) is 14.3. The third-order valence-corrected chi connectivity index (χ3v) is 5.11. The molecule has 3 heterocycles. The topological polar surface area (TPSA) is 77.8 Å². The molecule has 2 aromatic rings.